The van der Waals surface area contributed by atoms with Crippen molar-refractivity contribution in [1.29, 1.82) is 0 Å². The number of hydrogen-bond acceptors (Lipinski definition) is 2. The Morgan fingerprint density at radius 3 is 2.62 bits per heavy atom. The fourth-order valence-electron chi connectivity index (χ4n) is 1.97. The zero-order valence-corrected chi connectivity index (χ0v) is 9.79. The molecule has 0 amide bonds. The molecule has 1 aliphatic heterocycles. The van der Waals surface area contributed by atoms with E-state index in [0.29, 0.717) is 6.54 Å². The number of rotatable bonds is 1. The molecule has 0 aromatic heterocycles. The van der Waals surface area contributed by atoms with E-state index in [0.717, 1.165) is 17.7 Å². The zero-order chi connectivity index (χ0) is 11.6. The Hall–Kier alpha value is -1.41. The lowest BCUT2D eigenvalue weighted by Crippen LogP contribution is -2.44. The van der Waals surface area contributed by atoms with Gasteiger partial charge in [0.1, 0.15) is 0 Å². The molecule has 1 heterocycles. The summed E-state index contributed by atoms with van der Waals surface area (Å²) in [5.74, 6) is 0.259. The molecule has 1 aromatic rings. The smallest absolute Gasteiger partial charge is 0.167 e. The van der Waals surface area contributed by atoms with Crippen LogP contribution in [0.15, 0.2) is 35.9 Å². The molecule has 1 N–H and O–H groups in total. The van der Waals surface area contributed by atoms with Gasteiger partial charge in [-0.15, -0.1) is 0 Å². The summed E-state index contributed by atoms with van der Waals surface area (Å²) in [4.78, 5) is 12.1. The Morgan fingerprint density at radius 2 is 1.94 bits per heavy atom. The lowest BCUT2D eigenvalue weighted by molar-refractivity contribution is -0.124. The summed E-state index contributed by atoms with van der Waals surface area (Å²) in [6, 6.07) is 9.98. The maximum Gasteiger partial charge on any atom is 0.167 e. The van der Waals surface area contributed by atoms with E-state index in [4.69, 9.17) is 0 Å². The molecule has 16 heavy (non-hydrogen) atoms. The van der Waals surface area contributed by atoms with Crippen LogP contribution in [-0.4, -0.2) is 18.9 Å². The molecule has 0 aliphatic carbocycles. The number of carbonyl (C=O) groups excluding carboxylic acids is 1. The van der Waals surface area contributed by atoms with Crippen molar-refractivity contribution in [1.82, 2.24) is 5.32 Å². The largest absolute Gasteiger partial charge is 0.312 e. The minimum Gasteiger partial charge on any atom is -0.312 e. The fraction of sp³-hybridized carbons (Fsp3) is 0.357. The second kappa shape index (κ2) is 4.22. The maximum atomic E-state index is 12.1. The van der Waals surface area contributed by atoms with Crippen molar-refractivity contribution in [2.75, 3.05) is 13.1 Å². The van der Waals surface area contributed by atoms with Gasteiger partial charge in [0, 0.05) is 24.1 Å². The van der Waals surface area contributed by atoms with E-state index in [1.807, 2.05) is 50.3 Å². The minimum absolute atomic E-state index is 0.259. The van der Waals surface area contributed by atoms with Crippen LogP contribution >= 0.6 is 0 Å². The molecule has 0 saturated carbocycles. The van der Waals surface area contributed by atoms with Crippen LogP contribution in [0.2, 0.25) is 0 Å². The van der Waals surface area contributed by atoms with Gasteiger partial charge in [0.15, 0.2) is 5.78 Å². The Bertz CT molecular complexity index is 418. The molecule has 0 spiro atoms. The number of nitrogens with one attached hydrogen (secondary N) is 1. The third-order valence-electron chi connectivity index (χ3n) is 2.93. The van der Waals surface area contributed by atoms with Gasteiger partial charge in [0.25, 0.3) is 0 Å². The van der Waals surface area contributed by atoms with Crippen LogP contribution < -0.4 is 5.32 Å². The van der Waals surface area contributed by atoms with Crippen molar-refractivity contribution in [3.63, 3.8) is 0 Å². The molecule has 1 aliphatic rings. The van der Waals surface area contributed by atoms with Gasteiger partial charge in [-0.1, -0.05) is 44.2 Å². The number of Topliss-reactive ketones (excluding diaryl/α,β-unsaturated/α-hetero) is 1. The molecule has 2 heteroatoms. The normalized spacial score (nSPS) is 22.4. The van der Waals surface area contributed by atoms with Gasteiger partial charge in [-0.25, -0.2) is 0 Å². The summed E-state index contributed by atoms with van der Waals surface area (Å²) in [6.07, 6.45) is 1.98. The van der Waals surface area contributed by atoms with E-state index in [-0.39, 0.29) is 11.2 Å². The van der Waals surface area contributed by atoms with Crippen LogP contribution in [0.25, 0.3) is 6.08 Å². The number of carbonyl (C=O) groups is 1. The Morgan fingerprint density at radius 1 is 1.25 bits per heavy atom. The number of piperidine rings is 1. The topological polar surface area (TPSA) is 29.1 Å². The highest BCUT2D eigenvalue weighted by Crippen LogP contribution is 2.24. The van der Waals surface area contributed by atoms with Gasteiger partial charge < -0.3 is 5.32 Å². The molecular formula is C14H17NO. The van der Waals surface area contributed by atoms with Crippen molar-refractivity contribution < 1.29 is 4.79 Å². The molecule has 1 saturated heterocycles. The highest BCUT2D eigenvalue weighted by Gasteiger charge is 2.33. The summed E-state index contributed by atoms with van der Waals surface area (Å²) in [6.45, 7) is 5.41. The molecule has 1 fully saturated rings. The average molecular weight is 215 g/mol. The second-order valence-electron chi connectivity index (χ2n) is 4.90. The molecule has 84 valence electrons. The first-order chi connectivity index (χ1) is 7.59. The summed E-state index contributed by atoms with van der Waals surface area (Å²) in [7, 11) is 0. The van der Waals surface area contributed by atoms with Crippen LogP contribution in [0, 0.1) is 5.41 Å². The Kier molecular flexibility index (Phi) is 2.92. The van der Waals surface area contributed by atoms with Crippen molar-refractivity contribution >= 4 is 11.9 Å². The number of ketones is 1. The molecule has 0 radical (unpaired) electrons. The van der Waals surface area contributed by atoms with Gasteiger partial charge >= 0.3 is 0 Å². The highest BCUT2D eigenvalue weighted by atomic mass is 16.1. The predicted molar refractivity (Wildman–Crippen MR) is 66.1 cm³/mol. The van der Waals surface area contributed by atoms with Crippen molar-refractivity contribution in [2.24, 2.45) is 5.41 Å². The first-order valence-corrected chi connectivity index (χ1v) is 5.61. The lowest BCUT2D eigenvalue weighted by atomic mass is 9.80. The first-order valence-electron chi connectivity index (χ1n) is 5.61. The third-order valence-corrected chi connectivity index (χ3v) is 2.93. The zero-order valence-electron chi connectivity index (χ0n) is 9.79. The second-order valence-corrected chi connectivity index (χ2v) is 4.90. The number of benzene rings is 1. The predicted octanol–water partition coefficient (Wildman–Crippen LogP) is 2.27. The van der Waals surface area contributed by atoms with Gasteiger partial charge in [0.05, 0.1) is 0 Å². The van der Waals surface area contributed by atoms with E-state index in [1.165, 1.54) is 0 Å². The number of hydrogen-bond donors (Lipinski definition) is 1. The third kappa shape index (κ3) is 2.22. The van der Waals surface area contributed by atoms with E-state index >= 15 is 0 Å². The van der Waals surface area contributed by atoms with Gasteiger partial charge in [0.2, 0.25) is 0 Å². The average Bonchev–Trinajstić information content (AvgIpc) is 2.26. The summed E-state index contributed by atoms with van der Waals surface area (Å²) < 4.78 is 0. The quantitative estimate of drug-likeness (QED) is 0.728. The monoisotopic (exact) mass is 215 g/mol. The minimum atomic E-state index is -0.279. The lowest BCUT2D eigenvalue weighted by Gasteiger charge is -2.30. The highest BCUT2D eigenvalue weighted by molar-refractivity contribution is 6.04. The van der Waals surface area contributed by atoms with Crippen molar-refractivity contribution in [3.8, 4) is 0 Å². The Balaban J connectivity index is 2.28. The van der Waals surface area contributed by atoms with E-state index in [2.05, 4.69) is 5.32 Å². The SMILES string of the molecule is CC1(C)CNC/C(=C\c2ccccc2)C1=O. The maximum absolute atomic E-state index is 12.1. The fourth-order valence-corrected chi connectivity index (χ4v) is 1.97. The molecule has 1 aromatic carbocycles. The molecule has 2 rings (SSSR count). The van der Waals surface area contributed by atoms with E-state index in [9.17, 15) is 4.79 Å². The molecule has 2 nitrogen and oxygen atoms in total. The molecular weight excluding hydrogens is 198 g/mol. The van der Waals surface area contributed by atoms with Crippen LogP contribution in [0.5, 0.6) is 0 Å². The van der Waals surface area contributed by atoms with Crippen LogP contribution in [0.4, 0.5) is 0 Å². The summed E-state index contributed by atoms with van der Waals surface area (Å²) in [5, 5.41) is 3.29. The van der Waals surface area contributed by atoms with E-state index in [1.54, 1.807) is 0 Å². The van der Waals surface area contributed by atoms with Crippen molar-refractivity contribution in [2.45, 2.75) is 13.8 Å². The molecule has 0 atom stereocenters. The van der Waals surface area contributed by atoms with Crippen molar-refractivity contribution in [3.05, 3.63) is 41.5 Å². The van der Waals surface area contributed by atoms with Crippen LogP contribution in [-0.2, 0) is 4.79 Å². The van der Waals surface area contributed by atoms with Gasteiger partial charge in [-0.05, 0) is 11.6 Å². The van der Waals surface area contributed by atoms with Gasteiger partial charge in [-0.3, -0.25) is 4.79 Å². The summed E-state index contributed by atoms with van der Waals surface area (Å²) in [5.41, 5.74) is 1.69. The van der Waals surface area contributed by atoms with E-state index < -0.39 is 0 Å². The molecule has 0 bridgehead atoms. The van der Waals surface area contributed by atoms with Crippen LogP contribution in [0.1, 0.15) is 19.4 Å². The standard InChI is InChI=1S/C14H17NO/c1-14(2)10-15-9-12(13(14)16)8-11-6-4-3-5-7-11/h3-8,15H,9-10H2,1-2H3/b12-8+. The Labute approximate surface area is 96.4 Å². The van der Waals surface area contributed by atoms with Gasteiger partial charge in [-0.2, -0.15) is 0 Å². The summed E-state index contributed by atoms with van der Waals surface area (Å²) >= 11 is 0. The van der Waals surface area contributed by atoms with Crippen LogP contribution in [0.3, 0.4) is 0 Å². The first kappa shape index (κ1) is 11.1. The molecule has 0 unspecified atom stereocenters.